The molecule has 8 nitrogen and oxygen atoms in total. The van der Waals surface area contributed by atoms with Gasteiger partial charge in [0.15, 0.2) is 0 Å². The third kappa shape index (κ3) is 5.49. The van der Waals surface area contributed by atoms with E-state index in [1.807, 2.05) is 63.9 Å². The summed E-state index contributed by atoms with van der Waals surface area (Å²) < 4.78 is 0. The second-order valence-electron chi connectivity index (χ2n) is 8.93. The lowest BCUT2D eigenvalue weighted by Crippen LogP contribution is -2.54. The molecule has 4 heterocycles. The van der Waals surface area contributed by atoms with Crippen LogP contribution in [0.4, 0.5) is 16.3 Å². The molecule has 36 heavy (non-hydrogen) atoms. The van der Waals surface area contributed by atoms with E-state index in [1.54, 1.807) is 18.0 Å². The summed E-state index contributed by atoms with van der Waals surface area (Å²) in [6, 6.07) is 13.8. The zero-order chi connectivity index (χ0) is 24.9. The first kappa shape index (κ1) is 24.6. The second-order valence-corrected chi connectivity index (χ2v) is 10.7. The predicted octanol–water partition coefficient (Wildman–Crippen LogP) is 4.63. The Balaban J connectivity index is 1.11. The van der Waals surface area contributed by atoms with Crippen LogP contribution in [0.2, 0.25) is 0 Å². The number of nitrogens with zero attached hydrogens (tertiary/aromatic N) is 5. The molecule has 2 saturated heterocycles. The maximum Gasteiger partial charge on any atom is 0.320 e. The number of piperazine rings is 1. The summed E-state index contributed by atoms with van der Waals surface area (Å²) in [5, 5.41) is 5.80. The highest BCUT2D eigenvalue weighted by molar-refractivity contribution is 7.98. The van der Waals surface area contributed by atoms with Crippen molar-refractivity contribution in [1.82, 2.24) is 19.8 Å². The van der Waals surface area contributed by atoms with Crippen LogP contribution in [0.1, 0.15) is 34.3 Å². The van der Waals surface area contributed by atoms with E-state index in [4.69, 9.17) is 0 Å². The lowest BCUT2D eigenvalue weighted by atomic mass is 9.98. The second kappa shape index (κ2) is 11.3. The molecule has 0 radical (unpaired) electrons. The number of aromatic nitrogens is 2. The maximum atomic E-state index is 13.1. The Morgan fingerprint density at radius 1 is 0.972 bits per heavy atom. The third-order valence-corrected chi connectivity index (χ3v) is 8.55. The summed E-state index contributed by atoms with van der Waals surface area (Å²) in [4.78, 5) is 42.1. The number of carbonyl (C=O) groups is 2. The number of carbonyl (C=O) groups excluding carboxylic acids is 2. The molecule has 2 aliphatic rings. The number of rotatable bonds is 5. The molecule has 0 aliphatic carbocycles. The van der Waals surface area contributed by atoms with E-state index in [9.17, 15) is 9.59 Å². The molecule has 3 amide bonds. The first-order chi connectivity index (χ1) is 17.6. The SMILES string of the molecule is CSc1ccccc1NC(=O)c1csc(C2CCN(C(=O)N3CCN(c4ccccn4)CC3)CC2)n1. The van der Waals surface area contributed by atoms with Crippen LogP contribution in [0.25, 0.3) is 0 Å². The molecule has 188 valence electrons. The van der Waals surface area contributed by atoms with Crippen LogP contribution < -0.4 is 10.2 Å². The van der Waals surface area contributed by atoms with Crippen molar-refractivity contribution in [3.05, 3.63) is 64.7 Å². The number of anilines is 2. The lowest BCUT2D eigenvalue weighted by Gasteiger charge is -2.39. The molecule has 1 N–H and O–H groups in total. The van der Waals surface area contributed by atoms with Crippen LogP contribution in [0, 0.1) is 0 Å². The van der Waals surface area contributed by atoms with E-state index in [0.29, 0.717) is 31.9 Å². The summed E-state index contributed by atoms with van der Waals surface area (Å²) in [5.74, 6) is 1.06. The number of hydrogen-bond acceptors (Lipinski definition) is 7. The molecule has 0 spiro atoms. The van der Waals surface area contributed by atoms with E-state index in [2.05, 4.69) is 20.2 Å². The maximum absolute atomic E-state index is 13.1. The van der Waals surface area contributed by atoms with Crippen molar-refractivity contribution in [3.63, 3.8) is 0 Å². The predicted molar refractivity (Wildman–Crippen MR) is 145 cm³/mol. The summed E-state index contributed by atoms with van der Waals surface area (Å²) in [6.45, 7) is 4.44. The number of likely N-dealkylation sites (tertiary alicyclic amines) is 1. The van der Waals surface area contributed by atoms with Gasteiger partial charge in [-0.05, 0) is 43.4 Å². The van der Waals surface area contributed by atoms with Crippen molar-refractivity contribution < 1.29 is 9.59 Å². The van der Waals surface area contributed by atoms with Crippen LogP contribution in [-0.2, 0) is 0 Å². The highest BCUT2D eigenvalue weighted by atomic mass is 32.2. The summed E-state index contributed by atoms with van der Waals surface area (Å²) >= 11 is 3.14. The van der Waals surface area contributed by atoms with Crippen LogP contribution in [-0.4, -0.2) is 77.2 Å². The number of hydrogen-bond donors (Lipinski definition) is 1. The Labute approximate surface area is 219 Å². The first-order valence-corrected chi connectivity index (χ1v) is 14.3. The fourth-order valence-electron chi connectivity index (χ4n) is 4.70. The standard InChI is InChI=1S/C26H30N6O2S2/c1-35-22-7-3-2-6-20(22)28-24(33)21-18-36-25(29-21)19-9-12-31(13-10-19)26(34)32-16-14-30(15-17-32)23-8-4-5-11-27-23/h2-8,11,18-19H,9-10,12-17H2,1H3,(H,28,33). The fourth-order valence-corrected chi connectivity index (χ4v) is 6.22. The van der Waals surface area contributed by atoms with Crippen LogP contribution in [0.15, 0.2) is 58.9 Å². The Morgan fingerprint density at radius 3 is 2.42 bits per heavy atom. The van der Waals surface area contributed by atoms with Gasteiger partial charge in [0.25, 0.3) is 5.91 Å². The largest absolute Gasteiger partial charge is 0.353 e. The van der Waals surface area contributed by atoms with Gasteiger partial charge in [-0.1, -0.05) is 18.2 Å². The smallest absolute Gasteiger partial charge is 0.320 e. The normalized spacial score (nSPS) is 16.8. The summed E-state index contributed by atoms with van der Waals surface area (Å²) in [5.41, 5.74) is 1.26. The van der Waals surface area contributed by atoms with Gasteiger partial charge in [0.2, 0.25) is 0 Å². The molecule has 0 atom stereocenters. The molecule has 10 heteroatoms. The Hall–Kier alpha value is -3.11. The van der Waals surface area contributed by atoms with E-state index in [1.165, 1.54) is 11.3 Å². The fraction of sp³-hybridized carbons (Fsp3) is 0.385. The molecule has 2 fully saturated rings. The number of nitrogens with one attached hydrogen (secondary N) is 1. The van der Waals surface area contributed by atoms with Gasteiger partial charge in [-0.25, -0.2) is 14.8 Å². The Kier molecular flexibility index (Phi) is 7.72. The van der Waals surface area contributed by atoms with E-state index >= 15 is 0 Å². The van der Waals surface area contributed by atoms with Gasteiger partial charge in [-0.2, -0.15) is 0 Å². The van der Waals surface area contributed by atoms with Gasteiger partial charge in [0.05, 0.1) is 10.7 Å². The minimum Gasteiger partial charge on any atom is -0.353 e. The number of thioether (sulfide) groups is 1. The van der Waals surface area contributed by atoms with Crippen LogP contribution in [0.3, 0.4) is 0 Å². The minimum absolute atomic E-state index is 0.126. The highest BCUT2D eigenvalue weighted by Gasteiger charge is 2.30. The Bertz CT molecular complexity index is 1190. The van der Waals surface area contributed by atoms with Gasteiger partial charge in [-0.15, -0.1) is 23.1 Å². The number of benzene rings is 1. The van der Waals surface area contributed by atoms with Crippen molar-refractivity contribution in [3.8, 4) is 0 Å². The van der Waals surface area contributed by atoms with Crippen molar-refractivity contribution >= 4 is 46.5 Å². The molecule has 2 aromatic heterocycles. The molecule has 1 aromatic carbocycles. The number of amides is 3. The average molecular weight is 523 g/mol. The molecule has 2 aliphatic heterocycles. The number of piperidine rings is 1. The van der Waals surface area contributed by atoms with E-state index in [-0.39, 0.29) is 17.9 Å². The van der Waals surface area contributed by atoms with Crippen LogP contribution >= 0.6 is 23.1 Å². The van der Waals surface area contributed by atoms with Gasteiger partial charge < -0.3 is 20.0 Å². The van der Waals surface area contributed by atoms with Crippen LogP contribution in [0.5, 0.6) is 0 Å². The van der Waals surface area contributed by atoms with Crippen molar-refractivity contribution in [2.45, 2.75) is 23.7 Å². The van der Waals surface area contributed by atoms with Gasteiger partial charge in [0, 0.05) is 61.7 Å². The van der Waals surface area contributed by atoms with E-state index in [0.717, 1.165) is 47.3 Å². The zero-order valence-corrected chi connectivity index (χ0v) is 21.9. The molecular weight excluding hydrogens is 492 g/mol. The monoisotopic (exact) mass is 522 g/mol. The zero-order valence-electron chi connectivity index (χ0n) is 20.3. The molecule has 0 saturated carbocycles. The molecular formula is C26H30N6O2S2. The van der Waals surface area contributed by atoms with Gasteiger partial charge in [-0.3, -0.25) is 4.79 Å². The minimum atomic E-state index is -0.184. The molecule has 0 bridgehead atoms. The molecule has 0 unspecified atom stereocenters. The lowest BCUT2D eigenvalue weighted by molar-refractivity contribution is 0.102. The quantitative estimate of drug-likeness (QED) is 0.492. The van der Waals surface area contributed by atoms with Crippen molar-refractivity contribution in [2.24, 2.45) is 0 Å². The van der Waals surface area contributed by atoms with E-state index < -0.39 is 0 Å². The Morgan fingerprint density at radius 2 is 1.69 bits per heavy atom. The average Bonchev–Trinajstić information content (AvgIpc) is 3.44. The number of para-hydroxylation sites is 1. The topological polar surface area (TPSA) is 81.7 Å². The highest BCUT2D eigenvalue weighted by Crippen LogP contribution is 2.31. The number of thiazole rings is 1. The van der Waals surface area contributed by atoms with Gasteiger partial charge >= 0.3 is 6.03 Å². The van der Waals surface area contributed by atoms with Gasteiger partial charge in [0.1, 0.15) is 11.5 Å². The van der Waals surface area contributed by atoms with Crippen molar-refractivity contribution in [1.29, 1.82) is 0 Å². The molecule has 3 aromatic rings. The van der Waals surface area contributed by atoms with Crippen molar-refractivity contribution in [2.75, 3.05) is 55.7 Å². The summed E-state index contributed by atoms with van der Waals surface area (Å²) in [6.07, 6.45) is 5.53. The summed E-state index contributed by atoms with van der Waals surface area (Å²) in [7, 11) is 0. The third-order valence-electron chi connectivity index (χ3n) is 6.75. The molecule has 5 rings (SSSR count). The number of urea groups is 1. The number of pyridine rings is 1. The first-order valence-electron chi connectivity index (χ1n) is 12.2.